The summed E-state index contributed by atoms with van der Waals surface area (Å²) in [7, 11) is 0. The minimum atomic E-state index is -4.48. The van der Waals surface area contributed by atoms with Gasteiger partial charge >= 0.3 is 6.18 Å². The maximum atomic E-state index is 12.6. The van der Waals surface area contributed by atoms with E-state index in [2.05, 4.69) is 35.8 Å². The van der Waals surface area contributed by atoms with Crippen molar-refractivity contribution in [3.05, 3.63) is 18.0 Å². The summed E-state index contributed by atoms with van der Waals surface area (Å²) in [6.45, 7) is 7.50. The smallest absolute Gasteiger partial charge is 0.357 e. The summed E-state index contributed by atoms with van der Waals surface area (Å²) in [4.78, 5) is 14.2. The Balaban J connectivity index is 1.73. The number of halogens is 3. The molecule has 0 spiro atoms. The van der Waals surface area contributed by atoms with Crippen LogP contribution in [-0.4, -0.2) is 66.6 Å². The number of nitrogens with zero attached hydrogens (tertiary/aromatic N) is 4. The zero-order chi connectivity index (χ0) is 19.5. The normalized spacial score (nSPS) is 16.2. The van der Waals surface area contributed by atoms with Gasteiger partial charge in [0.1, 0.15) is 5.69 Å². The van der Waals surface area contributed by atoms with Crippen LogP contribution in [0.5, 0.6) is 0 Å². The molecular formula is C17H28F3N7. The van der Waals surface area contributed by atoms with E-state index >= 15 is 0 Å². The maximum absolute atomic E-state index is 12.6. The predicted molar refractivity (Wildman–Crippen MR) is 99.8 cm³/mol. The second-order valence-electron chi connectivity index (χ2n) is 6.28. The van der Waals surface area contributed by atoms with Gasteiger partial charge in [-0.15, -0.1) is 0 Å². The lowest BCUT2D eigenvalue weighted by Gasteiger charge is -2.25. The Labute approximate surface area is 157 Å². The number of rotatable bonds is 8. The highest BCUT2D eigenvalue weighted by Crippen LogP contribution is 2.27. The van der Waals surface area contributed by atoms with Gasteiger partial charge in [-0.25, -0.2) is 9.97 Å². The summed E-state index contributed by atoms with van der Waals surface area (Å²) in [6.07, 6.45) is 0.442. The third-order valence-corrected chi connectivity index (χ3v) is 4.13. The number of alkyl halides is 3. The lowest BCUT2D eigenvalue weighted by molar-refractivity contribution is -0.141. The highest BCUT2D eigenvalue weighted by Gasteiger charge is 2.32. The lowest BCUT2D eigenvalue weighted by Crippen LogP contribution is -2.40. The molecule has 0 amide bonds. The number of piperidine rings is 1. The van der Waals surface area contributed by atoms with E-state index < -0.39 is 11.9 Å². The van der Waals surface area contributed by atoms with E-state index in [1.165, 1.54) is 19.3 Å². The molecule has 2 heterocycles. The molecule has 1 fully saturated rings. The molecule has 10 heteroatoms. The van der Waals surface area contributed by atoms with Crippen molar-refractivity contribution in [3.63, 3.8) is 0 Å². The van der Waals surface area contributed by atoms with Crippen molar-refractivity contribution in [2.75, 3.05) is 51.1 Å². The molecule has 0 unspecified atom stereocenters. The van der Waals surface area contributed by atoms with Crippen molar-refractivity contribution in [1.29, 1.82) is 0 Å². The number of hydrogen-bond acceptors (Lipinski definition) is 5. The van der Waals surface area contributed by atoms with Crippen LogP contribution < -0.4 is 16.0 Å². The van der Waals surface area contributed by atoms with Gasteiger partial charge in [0, 0.05) is 32.4 Å². The van der Waals surface area contributed by atoms with Crippen molar-refractivity contribution in [1.82, 2.24) is 25.5 Å². The second kappa shape index (κ2) is 10.9. The van der Waals surface area contributed by atoms with E-state index in [4.69, 9.17) is 0 Å². The number of nitrogens with one attached hydrogen (secondary N) is 3. The molecule has 0 aliphatic carbocycles. The molecule has 2 rings (SSSR count). The fourth-order valence-electron chi connectivity index (χ4n) is 2.78. The molecule has 0 atom stereocenters. The van der Waals surface area contributed by atoms with Gasteiger partial charge in [-0.05, 0) is 38.9 Å². The van der Waals surface area contributed by atoms with Gasteiger partial charge in [0.05, 0.1) is 6.54 Å². The van der Waals surface area contributed by atoms with Crippen LogP contribution in [0.3, 0.4) is 0 Å². The Hall–Kier alpha value is -2.10. The van der Waals surface area contributed by atoms with Gasteiger partial charge in [0.2, 0.25) is 5.95 Å². The Morgan fingerprint density at radius 2 is 1.96 bits per heavy atom. The molecule has 0 radical (unpaired) electrons. The van der Waals surface area contributed by atoms with Gasteiger partial charge in [-0.1, -0.05) is 6.42 Å². The first-order valence-corrected chi connectivity index (χ1v) is 9.37. The Morgan fingerprint density at radius 3 is 2.67 bits per heavy atom. The minimum absolute atomic E-state index is 0.0429. The number of guanidine groups is 1. The standard InChI is InChI=1S/C17H28F3N7/c1-2-21-15(25-10-13-27-11-4-3-5-12-27)23-8-9-24-16-22-7-6-14(26-16)17(18,19)20/h6-7H,2-5,8-13H2,1H3,(H2,21,23,25)(H,22,24,26). The van der Waals surface area contributed by atoms with Crippen molar-refractivity contribution in [2.24, 2.45) is 4.99 Å². The molecule has 1 saturated heterocycles. The Morgan fingerprint density at radius 1 is 1.19 bits per heavy atom. The molecule has 1 aromatic rings. The third-order valence-electron chi connectivity index (χ3n) is 4.13. The van der Waals surface area contributed by atoms with Crippen LogP contribution in [-0.2, 0) is 6.18 Å². The molecule has 0 bridgehead atoms. The van der Waals surface area contributed by atoms with Gasteiger partial charge in [0.15, 0.2) is 5.96 Å². The van der Waals surface area contributed by atoms with Crippen LogP contribution >= 0.6 is 0 Å². The largest absolute Gasteiger partial charge is 0.433 e. The first-order valence-electron chi connectivity index (χ1n) is 9.37. The first kappa shape index (κ1) is 21.2. The highest BCUT2D eigenvalue weighted by molar-refractivity contribution is 5.79. The van der Waals surface area contributed by atoms with Crippen molar-refractivity contribution in [2.45, 2.75) is 32.4 Å². The zero-order valence-electron chi connectivity index (χ0n) is 15.6. The van der Waals surface area contributed by atoms with Crippen LogP contribution in [0.4, 0.5) is 19.1 Å². The molecule has 1 aliphatic rings. The van der Waals surface area contributed by atoms with Gasteiger partial charge < -0.3 is 20.9 Å². The molecule has 27 heavy (non-hydrogen) atoms. The number of aliphatic imine (C=N–C) groups is 1. The SMILES string of the molecule is CCNC(=NCCN1CCCCC1)NCCNc1nccc(C(F)(F)F)n1. The Bertz CT molecular complexity index is 586. The number of hydrogen-bond donors (Lipinski definition) is 3. The maximum Gasteiger partial charge on any atom is 0.433 e. The lowest BCUT2D eigenvalue weighted by atomic mass is 10.1. The van der Waals surface area contributed by atoms with E-state index in [1.807, 2.05) is 6.92 Å². The van der Waals surface area contributed by atoms with E-state index in [9.17, 15) is 13.2 Å². The summed E-state index contributed by atoms with van der Waals surface area (Å²) in [5.41, 5.74) is -0.958. The van der Waals surface area contributed by atoms with Crippen LogP contribution in [0.15, 0.2) is 17.3 Å². The molecule has 0 aromatic carbocycles. The molecule has 7 nitrogen and oxygen atoms in total. The number of aromatic nitrogens is 2. The van der Waals surface area contributed by atoms with Gasteiger partial charge in [-0.2, -0.15) is 13.2 Å². The number of likely N-dealkylation sites (tertiary alicyclic amines) is 1. The molecule has 1 aliphatic heterocycles. The molecule has 0 saturated carbocycles. The second-order valence-corrected chi connectivity index (χ2v) is 6.28. The average molecular weight is 387 g/mol. The molecular weight excluding hydrogens is 359 g/mol. The van der Waals surface area contributed by atoms with Crippen LogP contribution in [0.2, 0.25) is 0 Å². The van der Waals surface area contributed by atoms with Crippen molar-refractivity contribution >= 4 is 11.9 Å². The average Bonchev–Trinajstić information content (AvgIpc) is 2.65. The fraction of sp³-hybridized carbons (Fsp3) is 0.706. The minimum Gasteiger partial charge on any atom is -0.357 e. The van der Waals surface area contributed by atoms with Crippen LogP contribution in [0.25, 0.3) is 0 Å². The van der Waals surface area contributed by atoms with E-state index in [0.29, 0.717) is 25.6 Å². The highest BCUT2D eigenvalue weighted by atomic mass is 19.4. The Kier molecular flexibility index (Phi) is 8.56. The van der Waals surface area contributed by atoms with E-state index in [1.54, 1.807) is 0 Å². The van der Waals surface area contributed by atoms with E-state index in [0.717, 1.165) is 38.4 Å². The summed E-state index contributed by atoms with van der Waals surface area (Å²) in [5.74, 6) is 0.653. The van der Waals surface area contributed by atoms with Crippen molar-refractivity contribution < 1.29 is 13.2 Å². The predicted octanol–water partition coefficient (Wildman–Crippen LogP) is 1.95. The van der Waals surface area contributed by atoms with Crippen molar-refractivity contribution in [3.8, 4) is 0 Å². The molecule has 3 N–H and O–H groups in total. The summed E-state index contributed by atoms with van der Waals surface area (Å²) in [6, 6.07) is 0.849. The first-order chi connectivity index (χ1) is 13.0. The quantitative estimate of drug-likeness (QED) is 0.360. The van der Waals surface area contributed by atoms with Gasteiger partial charge in [0.25, 0.3) is 0 Å². The topological polar surface area (TPSA) is 77.5 Å². The van der Waals surface area contributed by atoms with Gasteiger partial charge in [-0.3, -0.25) is 4.99 Å². The number of anilines is 1. The summed E-state index contributed by atoms with van der Waals surface area (Å²) < 4.78 is 37.9. The summed E-state index contributed by atoms with van der Waals surface area (Å²) >= 11 is 0. The monoisotopic (exact) mass is 387 g/mol. The van der Waals surface area contributed by atoms with E-state index in [-0.39, 0.29) is 5.95 Å². The van der Waals surface area contributed by atoms with Crippen LogP contribution in [0, 0.1) is 0 Å². The zero-order valence-corrected chi connectivity index (χ0v) is 15.6. The molecule has 1 aromatic heterocycles. The molecule has 152 valence electrons. The third kappa shape index (κ3) is 7.98. The van der Waals surface area contributed by atoms with Crippen LogP contribution in [0.1, 0.15) is 31.9 Å². The summed E-state index contributed by atoms with van der Waals surface area (Å²) in [5, 5.41) is 9.10. The fourth-order valence-corrected chi connectivity index (χ4v) is 2.78.